The molecule has 2 rings (SSSR count). The third-order valence-electron chi connectivity index (χ3n) is 3.56. The maximum absolute atomic E-state index is 5.95. The highest BCUT2D eigenvalue weighted by atomic mass is 16.5. The molecule has 21 heavy (non-hydrogen) atoms. The number of rotatable bonds is 7. The van der Waals surface area contributed by atoms with Crippen molar-refractivity contribution in [2.45, 2.75) is 59.0 Å². The Kier molecular flexibility index (Phi) is 6.02. The van der Waals surface area contributed by atoms with Gasteiger partial charge in [-0.3, -0.25) is 0 Å². The lowest BCUT2D eigenvalue weighted by Crippen LogP contribution is -2.25. The number of ether oxygens (including phenoxy) is 2. The van der Waals surface area contributed by atoms with Crippen molar-refractivity contribution in [1.82, 2.24) is 15.0 Å². The highest BCUT2D eigenvalue weighted by Gasteiger charge is 2.22. The van der Waals surface area contributed by atoms with Gasteiger partial charge in [0.15, 0.2) is 0 Å². The normalized spacial score (nSPS) is 21.9. The quantitative estimate of drug-likeness (QED) is 0.833. The van der Waals surface area contributed by atoms with Crippen LogP contribution < -0.4 is 14.8 Å². The first-order valence-corrected chi connectivity index (χ1v) is 8.00. The second-order valence-corrected chi connectivity index (χ2v) is 5.60. The van der Waals surface area contributed by atoms with E-state index in [4.69, 9.17) is 9.47 Å². The van der Waals surface area contributed by atoms with Crippen LogP contribution in [-0.4, -0.2) is 34.2 Å². The minimum atomic E-state index is 0.199. The summed E-state index contributed by atoms with van der Waals surface area (Å²) in [5, 5.41) is 3.16. The van der Waals surface area contributed by atoms with E-state index < -0.39 is 0 Å². The van der Waals surface area contributed by atoms with Crippen LogP contribution in [-0.2, 0) is 0 Å². The van der Waals surface area contributed by atoms with E-state index in [9.17, 15) is 0 Å². The van der Waals surface area contributed by atoms with E-state index in [1.54, 1.807) is 0 Å². The Hall–Kier alpha value is -1.59. The van der Waals surface area contributed by atoms with E-state index in [0.29, 0.717) is 30.5 Å². The topological polar surface area (TPSA) is 69.2 Å². The zero-order valence-electron chi connectivity index (χ0n) is 13.3. The molecular formula is C15H26N4O2. The number of anilines is 1. The average Bonchev–Trinajstić information content (AvgIpc) is 2.45. The van der Waals surface area contributed by atoms with Crippen molar-refractivity contribution in [3.63, 3.8) is 0 Å². The predicted octanol–water partition coefficient (Wildman–Crippen LogP) is 3.05. The van der Waals surface area contributed by atoms with Crippen molar-refractivity contribution in [2.24, 2.45) is 5.92 Å². The van der Waals surface area contributed by atoms with Gasteiger partial charge in [0.05, 0.1) is 6.61 Å². The molecule has 6 heteroatoms. The summed E-state index contributed by atoms with van der Waals surface area (Å²) >= 11 is 0. The highest BCUT2D eigenvalue weighted by Crippen LogP contribution is 2.26. The fraction of sp³-hybridized carbons (Fsp3) is 0.800. The lowest BCUT2D eigenvalue weighted by atomic mass is 9.89. The van der Waals surface area contributed by atoms with Gasteiger partial charge in [-0.1, -0.05) is 20.3 Å². The predicted molar refractivity (Wildman–Crippen MR) is 81.8 cm³/mol. The van der Waals surface area contributed by atoms with Crippen LogP contribution in [0.3, 0.4) is 0 Å². The summed E-state index contributed by atoms with van der Waals surface area (Å²) in [5.41, 5.74) is 0. The van der Waals surface area contributed by atoms with Gasteiger partial charge < -0.3 is 14.8 Å². The lowest BCUT2D eigenvalue weighted by molar-refractivity contribution is 0.116. The summed E-state index contributed by atoms with van der Waals surface area (Å²) in [6, 6.07) is 0.691. The molecular weight excluding hydrogens is 268 g/mol. The summed E-state index contributed by atoms with van der Waals surface area (Å²) in [5.74, 6) is 1.23. The van der Waals surface area contributed by atoms with Gasteiger partial charge in [0.25, 0.3) is 0 Å². The largest absolute Gasteiger partial charge is 0.464 e. The molecule has 1 aliphatic carbocycles. The minimum absolute atomic E-state index is 0.199. The molecule has 1 aromatic rings. The molecule has 6 nitrogen and oxygen atoms in total. The molecule has 118 valence electrons. The fourth-order valence-electron chi connectivity index (χ4n) is 2.53. The molecule has 0 bridgehead atoms. The van der Waals surface area contributed by atoms with Gasteiger partial charge >= 0.3 is 12.0 Å². The minimum Gasteiger partial charge on any atom is -0.464 e. The summed E-state index contributed by atoms with van der Waals surface area (Å²) in [6.45, 7) is 7.61. The maximum atomic E-state index is 5.95. The van der Waals surface area contributed by atoms with E-state index in [-0.39, 0.29) is 6.10 Å². The van der Waals surface area contributed by atoms with Crippen LogP contribution in [0.1, 0.15) is 52.9 Å². The van der Waals surface area contributed by atoms with E-state index in [1.165, 1.54) is 12.8 Å². The first-order chi connectivity index (χ1) is 10.2. The Balaban J connectivity index is 2.06. The second kappa shape index (κ2) is 8.00. The molecule has 2 atom stereocenters. The van der Waals surface area contributed by atoms with Crippen molar-refractivity contribution in [3.05, 3.63) is 0 Å². The number of hydrogen-bond acceptors (Lipinski definition) is 6. The molecule has 0 spiro atoms. The molecule has 1 saturated carbocycles. The molecule has 2 unspecified atom stereocenters. The molecule has 1 heterocycles. The highest BCUT2D eigenvalue weighted by molar-refractivity contribution is 5.27. The lowest BCUT2D eigenvalue weighted by Gasteiger charge is -2.26. The van der Waals surface area contributed by atoms with Crippen LogP contribution in [0.25, 0.3) is 0 Å². The van der Waals surface area contributed by atoms with Gasteiger partial charge in [0, 0.05) is 6.54 Å². The first kappa shape index (κ1) is 15.8. The summed E-state index contributed by atoms with van der Waals surface area (Å²) < 4.78 is 11.3. The van der Waals surface area contributed by atoms with Gasteiger partial charge in [0.2, 0.25) is 5.95 Å². The van der Waals surface area contributed by atoms with Gasteiger partial charge in [-0.05, 0) is 38.5 Å². The van der Waals surface area contributed by atoms with Gasteiger partial charge in [-0.25, -0.2) is 0 Å². The van der Waals surface area contributed by atoms with E-state index in [0.717, 1.165) is 25.8 Å². The second-order valence-electron chi connectivity index (χ2n) is 5.60. The molecule has 0 radical (unpaired) electrons. The van der Waals surface area contributed by atoms with E-state index in [2.05, 4.69) is 34.1 Å². The standard InChI is InChI=1S/C15H26N4O2/c1-4-9-16-13-17-14(20-5-2)19-15(18-13)21-12-8-6-7-11(3)10-12/h11-12H,4-10H2,1-3H3,(H,16,17,18,19). The number of aromatic nitrogens is 3. The zero-order chi connectivity index (χ0) is 15.1. The summed E-state index contributed by atoms with van der Waals surface area (Å²) in [4.78, 5) is 12.8. The number of hydrogen-bond donors (Lipinski definition) is 1. The molecule has 0 aromatic carbocycles. The Morgan fingerprint density at radius 3 is 2.67 bits per heavy atom. The molecule has 0 aliphatic heterocycles. The molecule has 0 saturated heterocycles. The number of nitrogens with zero attached hydrogens (tertiary/aromatic N) is 3. The Morgan fingerprint density at radius 1 is 1.14 bits per heavy atom. The van der Waals surface area contributed by atoms with Crippen molar-refractivity contribution in [1.29, 1.82) is 0 Å². The third-order valence-corrected chi connectivity index (χ3v) is 3.56. The van der Waals surface area contributed by atoms with Crippen LogP contribution in [0, 0.1) is 5.92 Å². The Morgan fingerprint density at radius 2 is 1.95 bits per heavy atom. The summed E-state index contributed by atoms with van der Waals surface area (Å²) in [7, 11) is 0. The summed E-state index contributed by atoms with van der Waals surface area (Å²) in [6.07, 6.45) is 5.82. The van der Waals surface area contributed by atoms with Crippen molar-refractivity contribution in [3.8, 4) is 12.0 Å². The third kappa shape index (κ3) is 5.02. The van der Waals surface area contributed by atoms with Crippen molar-refractivity contribution >= 4 is 5.95 Å². The zero-order valence-corrected chi connectivity index (χ0v) is 13.3. The van der Waals surface area contributed by atoms with Gasteiger partial charge in [-0.15, -0.1) is 4.98 Å². The maximum Gasteiger partial charge on any atom is 0.324 e. The molecule has 0 amide bonds. The number of nitrogens with one attached hydrogen (secondary N) is 1. The van der Waals surface area contributed by atoms with Gasteiger partial charge in [0.1, 0.15) is 6.10 Å². The molecule has 1 N–H and O–H groups in total. The van der Waals surface area contributed by atoms with Crippen LogP contribution in [0.5, 0.6) is 12.0 Å². The fourth-order valence-corrected chi connectivity index (χ4v) is 2.53. The van der Waals surface area contributed by atoms with E-state index >= 15 is 0 Å². The van der Waals surface area contributed by atoms with Crippen LogP contribution in [0.15, 0.2) is 0 Å². The van der Waals surface area contributed by atoms with Crippen molar-refractivity contribution < 1.29 is 9.47 Å². The smallest absolute Gasteiger partial charge is 0.324 e. The SMILES string of the molecule is CCCNc1nc(OCC)nc(OC2CCCC(C)C2)n1. The molecule has 1 fully saturated rings. The van der Waals surface area contributed by atoms with Crippen LogP contribution >= 0.6 is 0 Å². The van der Waals surface area contributed by atoms with Crippen molar-refractivity contribution in [2.75, 3.05) is 18.5 Å². The molecule has 1 aromatic heterocycles. The average molecular weight is 294 g/mol. The van der Waals surface area contributed by atoms with E-state index in [1.807, 2.05) is 6.92 Å². The Bertz CT molecular complexity index is 442. The van der Waals surface area contributed by atoms with Gasteiger partial charge in [-0.2, -0.15) is 9.97 Å². The Labute approximate surface area is 126 Å². The monoisotopic (exact) mass is 294 g/mol. The van der Waals surface area contributed by atoms with Crippen LogP contribution in [0.2, 0.25) is 0 Å². The first-order valence-electron chi connectivity index (χ1n) is 8.00. The van der Waals surface area contributed by atoms with Crippen LogP contribution in [0.4, 0.5) is 5.95 Å². The molecule has 1 aliphatic rings.